The monoisotopic (exact) mass is 478 g/mol. The van der Waals surface area contributed by atoms with Crippen LogP contribution < -0.4 is 42.4 Å². The molecular weight excluding hydrogens is 447 g/mol. The van der Waals surface area contributed by atoms with Crippen LogP contribution in [-0.2, 0) is 21.7 Å². The largest absolute Gasteiger partial charge is 4.00 e. The van der Waals surface area contributed by atoms with Crippen LogP contribution >= 0.6 is 0 Å². The molecule has 5 heteroatoms. The molecule has 0 nitrogen and oxygen atoms in total. The molecule has 0 aliphatic heterocycles. The topological polar surface area (TPSA) is 0 Å². The molecule has 1 aliphatic rings. The van der Waals surface area contributed by atoms with E-state index in [4.69, 9.17) is 0 Å². The number of benzene rings is 1. The van der Waals surface area contributed by atoms with E-state index in [-0.39, 0.29) is 64.0 Å². The van der Waals surface area contributed by atoms with E-state index >= 15 is 0 Å². The van der Waals surface area contributed by atoms with Crippen molar-refractivity contribution in [2.45, 2.75) is 73.0 Å². The number of allylic oxidation sites excluding steroid dienone is 4. The van der Waals surface area contributed by atoms with Crippen molar-refractivity contribution >= 4 is 13.3 Å². The standard InChI is InChI=1S/C22H33Si.3ClH.Ti/c1-15(2)14-23(9,21-11-16(3)10-17(4)12-21)22(8)13-18(5)19(6)20(22)7;;;;/h10-12,15H,14H2,1-9H3;3*1H;/q-1;;;;+4/p-3. The molecule has 150 valence electrons. The van der Waals surface area contributed by atoms with E-state index in [0.717, 1.165) is 0 Å². The summed E-state index contributed by atoms with van der Waals surface area (Å²) in [5.74, 6) is 0.708. The van der Waals surface area contributed by atoms with Crippen LogP contribution in [0.4, 0.5) is 0 Å². The van der Waals surface area contributed by atoms with Gasteiger partial charge in [-0.2, -0.15) is 11.1 Å². The summed E-state index contributed by atoms with van der Waals surface area (Å²) in [6.07, 6.45) is 3.92. The average molecular weight is 480 g/mol. The van der Waals surface area contributed by atoms with Gasteiger partial charge in [0.2, 0.25) is 0 Å². The Morgan fingerprint density at radius 3 is 1.70 bits per heavy atom. The molecule has 0 heterocycles. The summed E-state index contributed by atoms with van der Waals surface area (Å²) in [4.78, 5) is 0. The van der Waals surface area contributed by atoms with Crippen molar-refractivity contribution in [2.24, 2.45) is 5.92 Å². The van der Waals surface area contributed by atoms with Crippen LogP contribution in [0.15, 0.2) is 34.9 Å². The van der Waals surface area contributed by atoms with Crippen molar-refractivity contribution < 1.29 is 58.9 Å². The first-order valence-corrected chi connectivity index (χ1v) is 11.6. The minimum Gasteiger partial charge on any atom is -1.00 e. The Hall–Kier alpha value is 0.501. The van der Waals surface area contributed by atoms with Crippen LogP contribution in [0.5, 0.6) is 0 Å². The molecular formula is C22H33Cl3SiTi. The quantitative estimate of drug-likeness (QED) is 0.321. The van der Waals surface area contributed by atoms with Crippen LogP contribution in [0.25, 0.3) is 0 Å². The zero-order valence-electron chi connectivity index (χ0n) is 18.2. The Kier molecular flexibility index (Phi) is 13.9. The molecule has 1 aromatic rings. The molecule has 2 rings (SSSR count). The SMILES string of the molecule is CC1=[C-]C(C)([Si](C)(CC(C)C)c2cc(C)cc(C)c2)C(C)=C1C.[Cl-].[Cl-].[Cl-].[Ti+4]. The molecule has 2 unspecified atom stereocenters. The van der Waals surface area contributed by atoms with Gasteiger partial charge in [0.15, 0.2) is 0 Å². The summed E-state index contributed by atoms with van der Waals surface area (Å²) in [6, 6.07) is 8.50. The minimum absolute atomic E-state index is 0. The van der Waals surface area contributed by atoms with Gasteiger partial charge in [-0.05, 0) is 19.8 Å². The number of aryl methyl sites for hydroxylation is 2. The maximum absolute atomic E-state index is 3.92. The van der Waals surface area contributed by atoms with Crippen molar-refractivity contribution in [2.75, 3.05) is 0 Å². The number of hydrogen-bond donors (Lipinski definition) is 0. The van der Waals surface area contributed by atoms with Gasteiger partial charge in [-0.1, -0.05) is 86.8 Å². The normalized spacial score (nSPS) is 20.6. The van der Waals surface area contributed by atoms with Crippen LogP contribution in [0.3, 0.4) is 0 Å². The Bertz CT molecular complexity index is 677. The molecule has 0 radical (unpaired) electrons. The zero-order chi connectivity index (χ0) is 17.6. The van der Waals surface area contributed by atoms with Crippen LogP contribution in [0.2, 0.25) is 17.6 Å². The van der Waals surface area contributed by atoms with Crippen molar-refractivity contribution in [1.29, 1.82) is 0 Å². The van der Waals surface area contributed by atoms with E-state index in [1.807, 2.05) is 0 Å². The molecule has 0 aromatic heterocycles. The van der Waals surface area contributed by atoms with Gasteiger partial charge in [-0.25, -0.2) is 5.57 Å². The molecule has 0 bridgehead atoms. The summed E-state index contributed by atoms with van der Waals surface area (Å²) < 4.78 is 0. The molecule has 0 fully saturated rings. The number of hydrogen-bond acceptors (Lipinski definition) is 0. The van der Waals surface area contributed by atoms with Crippen molar-refractivity contribution in [3.8, 4) is 0 Å². The molecule has 0 spiro atoms. The van der Waals surface area contributed by atoms with Gasteiger partial charge in [-0.15, -0.1) is 6.92 Å². The van der Waals surface area contributed by atoms with E-state index in [9.17, 15) is 0 Å². The van der Waals surface area contributed by atoms with Crippen LogP contribution in [0.1, 0.15) is 52.7 Å². The molecule has 1 aromatic carbocycles. The van der Waals surface area contributed by atoms with Gasteiger partial charge >= 0.3 is 21.7 Å². The van der Waals surface area contributed by atoms with Crippen molar-refractivity contribution in [3.63, 3.8) is 0 Å². The first-order valence-electron chi connectivity index (χ1n) is 8.90. The summed E-state index contributed by atoms with van der Waals surface area (Å²) in [5.41, 5.74) is 7.14. The Labute approximate surface area is 202 Å². The van der Waals surface area contributed by atoms with E-state index in [1.165, 1.54) is 28.3 Å². The third kappa shape index (κ3) is 6.00. The second-order valence-electron chi connectivity index (χ2n) is 8.43. The van der Waals surface area contributed by atoms with Gasteiger partial charge < -0.3 is 37.2 Å². The maximum Gasteiger partial charge on any atom is 4.00 e. The van der Waals surface area contributed by atoms with Crippen LogP contribution in [-0.4, -0.2) is 8.07 Å². The maximum atomic E-state index is 3.92. The molecule has 0 saturated carbocycles. The third-order valence-corrected chi connectivity index (χ3v) is 12.0. The Morgan fingerprint density at radius 2 is 1.37 bits per heavy atom. The summed E-state index contributed by atoms with van der Waals surface area (Å²) in [6.45, 7) is 21.1. The van der Waals surface area contributed by atoms with E-state index in [2.05, 4.69) is 86.2 Å². The Morgan fingerprint density at radius 1 is 0.926 bits per heavy atom. The fraction of sp³-hybridized carbons (Fsp3) is 0.545. The smallest absolute Gasteiger partial charge is 1.00 e. The number of halogens is 3. The number of rotatable bonds is 4. The Balaban J connectivity index is -0.00000144. The second-order valence-corrected chi connectivity index (χ2v) is 13.1. The second kappa shape index (κ2) is 11.6. The average Bonchev–Trinajstić information content (AvgIpc) is 2.62. The van der Waals surface area contributed by atoms with Crippen molar-refractivity contribution in [3.05, 3.63) is 52.1 Å². The molecule has 2 atom stereocenters. The van der Waals surface area contributed by atoms with Gasteiger partial charge in [0.25, 0.3) is 0 Å². The van der Waals surface area contributed by atoms with E-state index in [0.29, 0.717) is 5.92 Å². The fourth-order valence-corrected chi connectivity index (χ4v) is 9.92. The summed E-state index contributed by atoms with van der Waals surface area (Å²) >= 11 is 0. The zero-order valence-corrected chi connectivity index (χ0v) is 23.0. The van der Waals surface area contributed by atoms with E-state index < -0.39 is 8.07 Å². The molecule has 0 amide bonds. The third-order valence-electron chi connectivity index (χ3n) is 6.09. The first kappa shape index (κ1) is 32.2. The van der Waals surface area contributed by atoms with Gasteiger partial charge in [-0.3, -0.25) is 6.08 Å². The molecule has 0 saturated heterocycles. The van der Waals surface area contributed by atoms with Crippen molar-refractivity contribution in [1.82, 2.24) is 0 Å². The summed E-state index contributed by atoms with van der Waals surface area (Å²) in [7, 11) is -1.78. The predicted octanol–water partition coefficient (Wildman–Crippen LogP) is -2.89. The predicted molar refractivity (Wildman–Crippen MR) is 106 cm³/mol. The van der Waals surface area contributed by atoms with Gasteiger partial charge in [0, 0.05) is 0 Å². The van der Waals surface area contributed by atoms with Gasteiger partial charge in [0.1, 0.15) is 0 Å². The molecule has 0 N–H and O–H groups in total. The fourth-order valence-electron chi connectivity index (χ4n) is 4.49. The van der Waals surface area contributed by atoms with E-state index in [1.54, 1.807) is 10.8 Å². The van der Waals surface area contributed by atoms with Crippen LogP contribution in [0, 0.1) is 25.8 Å². The molecule has 1 aliphatic carbocycles. The molecule has 27 heavy (non-hydrogen) atoms. The van der Waals surface area contributed by atoms with Gasteiger partial charge in [0.05, 0.1) is 8.07 Å². The first-order chi connectivity index (χ1) is 10.5. The minimum atomic E-state index is -1.78. The summed E-state index contributed by atoms with van der Waals surface area (Å²) in [5, 5.41) is 1.70.